The van der Waals surface area contributed by atoms with E-state index in [0.717, 1.165) is 39.0 Å². The van der Waals surface area contributed by atoms with Crippen molar-refractivity contribution in [1.82, 2.24) is 5.32 Å². The molecule has 0 aliphatic carbocycles. The van der Waals surface area contributed by atoms with Crippen LogP contribution in [0.15, 0.2) is 76.2 Å². The van der Waals surface area contributed by atoms with E-state index in [1.54, 1.807) is 13.2 Å². The van der Waals surface area contributed by atoms with Gasteiger partial charge in [-0.15, -0.1) is 0 Å². The molecule has 4 nitrogen and oxygen atoms in total. The van der Waals surface area contributed by atoms with Crippen molar-refractivity contribution < 1.29 is 9.84 Å². The molecule has 0 saturated carbocycles. The average molecular weight is 465 g/mol. The first-order valence-corrected chi connectivity index (χ1v) is 10.9. The van der Waals surface area contributed by atoms with Gasteiger partial charge in [0.15, 0.2) is 0 Å². The predicted molar refractivity (Wildman–Crippen MR) is 124 cm³/mol. The molecule has 2 N–H and O–H groups in total. The number of para-hydroxylation sites is 1. The Bertz CT molecular complexity index is 1060. The first-order chi connectivity index (χ1) is 14.6. The number of methoxy groups -OCH3 is 1. The number of halogens is 1. The van der Waals surface area contributed by atoms with E-state index in [-0.39, 0.29) is 18.0 Å². The summed E-state index contributed by atoms with van der Waals surface area (Å²) >= 11 is 3.53. The van der Waals surface area contributed by atoms with Crippen molar-refractivity contribution in [2.24, 2.45) is 4.99 Å². The molecule has 0 fully saturated rings. The van der Waals surface area contributed by atoms with Crippen LogP contribution >= 0.6 is 15.9 Å². The fourth-order valence-electron chi connectivity index (χ4n) is 3.87. The Balaban J connectivity index is 1.78. The van der Waals surface area contributed by atoms with Gasteiger partial charge in [-0.1, -0.05) is 65.3 Å². The number of nitrogens with zero attached hydrogens (tertiary/aromatic N) is 1. The van der Waals surface area contributed by atoms with Crippen LogP contribution in [0.1, 0.15) is 47.8 Å². The molecule has 0 radical (unpaired) electrons. The van der Waals surface area contributed by atoms with Gasteiger partial charge in [0.2, 0.25) is 0 Å². The summed E-state index contributed by atoms with van der Waals surface area (Å²) in [4.78, 5) is 5.05. The van der Waals surface area contributed by atoms with E-state index in [1.807, 2.05) is 36.4 Å². The summed E-state index contributed by atoms with van der Waals surface area (Å²) in [5, 5.41) is 14.1. The highest BCUT2D eigenvalue weighted by atomic mass is 79.9. The highest BCUT2D eigenvalue weighted by Gasteiger charge is 2.29. The molecule has 0 unspecified atom stereocenters. The zero-order valence-electron chi connectivity index (χ0n) is 17.1. The monoisotopic (exact) mass is 464 g/mol. The molecule has 30 heavy (non-hydrogen) atoms. The number of phenolic OH excluding ortho intramolecular Hbond substituents is 1. The van der Waals surface area contributed by atoms with Crippen LogP contribution < -0.4 is 10.1 Å². The lowest BCUT2D eigenvalue weighted by molar-refractivity contribution is 0.381. The number of benzene rings is 3. The minimum Gasteiger partial charge on any atom is -0.508 e. The molecule has 0 aromatic heterocycles. The second-order valence-electron chi connectivity index (χ2n) is 7.40. The molecule has 1 heterocycles. The number of aromatic hydroxyl groups is 1. The Morgan fingerprint density at radius 3 is 2.57 bits per heavy atom. The summed E-state index contributed by atoms with van der Waals surface area (Å²) < 4.78 is 6.52. The Kier molecular flexibility index (Phi) is 6.21. The lowest BCUT2D eigenvalue weighted by Gasteiger charge is -2.31. The van der Waals surface area contributed by atoms with E-state index < -0.39 is 0 Å². The van der Waals surface area contributed by atoms with Crippen LogP contribution in [0.5, 0.6) is 11.5 Å². The predicted octanol–water partition coefficient (Wildman–Crippen LogP) is 5.95. The van der Waals surface area contributed by atoms with Crippen molar-refractivity contribution in [3.63, 3.8) is 0 Å². The number of ether oxygens (including phenoxy) is 1. The molecule has 154 valence electrons. The van der Waals surface area contributed by atoms with Crippen LogP contribution in [-0.4, -0.2) is 17.9 Å². The van der Waals surface area contributed by atoms with E-state index >= 15 is 0 Å². The number of hydrogen-bond donors (Lipinski definition) is 2. The van der Waals surface area contributed by atoms with Crippen molar-refractivity contribution in [2.45, 2.75) is 32.0 Å². The molecule has 1 aliphatic heterocycles. The Morgan fingerprint density at radius 1 is 1.07 bits per heavy atom. The van der Waals surface area contributed by atoms with Gasteiger partial charge in [-0.05, 0) is 41.8 Å². The summed E-state index contributed by atoms with van der Waals surface area (Å²) in [6, 6.07) is 22.0. The number of aryl methyl sites for hydroxylation is 1. The van der Waals surface area contributed by atoms with E-state index in [1.165, 1.54) is 5.56 Å². The van der Waals surface area contributed by atoms with Crippen molar-refractivity contribution in [3.8, 4) is 11.5 Å². The Morgan fingerprint density at radius 2 is 1.83 bits per heavy atom. The third-order valence-electron chi connectivity index (χ3n) is 5.54. The highest BCUT2D eigenvalue weighted by molar-refractivity contribution is 9.10. The molecule has 0 spiro atoms. The minimum absolute atomic E-state index is 0.0873. The van der Waals surface area contributed by atoms with Crippen LogP contribution in [0.3, 0.4) is 0 Å². The molecule has 3 aromatic carbocycles. The van der Waals surface area contributed by atoms with Gasteiger partial charge < -0.3 is 9.84 Å². The van der Waals surface area contributed by atoms with Gasteiger partial charge in [-0.25, -0.2) is 0 Å². The number of rotatable bonds is 5. The van der Waals surface area contributed by atoms with Gasteiger partial charge in [0, 0.05) is 33.8 Å². The first kappa shape index (κ1) is 20.6. The number of hydrogen-bond acceptors (Lipinski definition) is 4. The molecule has 2 atom stereocenters. The van der Waals surface area contributed by atoms with Crippen molar-refractivity contribution in [2.75, 3.05) is 7.11 Å². The minimum atomic E-state index is -0.279. The molecular formula is C25H25BrN2O2. The van der Waals surface area contributed by atoms with Crippen LogP contribution in [0.2, 0.25) is 0 Å². The Hall–Kier alpha value is -2.63. The fourth-order valence-corrected chi connectivity index (χ4v) is 4.25. The van der Waals surface area contributed by atoms with Crippen molar-refractivity contribution in [3.05, 3.63) is 93.5 Å². The molecule has 1 aliphatic rings. The fraction of sp³-hybridized carbons (Fsp3) is 0.240. The maximum atomic E-state index is 10.5. The zero-order chi connectivity index (χ0) is 21.1. The number of phenols is 1. The smallest absolute Gasteiger partial charge is 0.129 e. The Labute approximate surface area is 185 Å². The van der Waals surface area contributed by atoms with E-state index in [2.05, 4.69) is 52.4 Å². The third kappa shape index (κ3) is 4.27. The van der Waals surface area contributed by atoms with E-state index in [9.17, 15) is 5.11 Å². The lowest BCUT2D eigenvalue weighted by Crippen LogP contribution is -2.33. The van der Waals surface area contributed by atoms with Gasteiger partial charge in [0.05, 0.1) is 7.11 Å². The van der Waals surface area contributed by atoms with Crippen LogP contribution in [0.4, 0.5) is 0 Å². The van der Waals surface area contributed by atoms with Crippen molar-refractivity contribution >= 4 is 21.6 Å². The SMILES string of the molecule is CCc1ccc(C2=N[C@H](c3ccccc3OC)N[C@@H](c3cc(Br)ccc3O)C2)cc1. The molecule has 4 rings (SSSR count). The molecule has 0 amide bonds. The maximum Gasteiger partial charge on any atom is 0.129 e. The zero-order valence-corrected chi connectivity index (χ0v) is 18.7. The number of nitrogens with one attached hydrogen (secondary N) is 1. The van der Waals surface area contributed by atoms with Gasteiger partial charge in [-0.2, -0.15) is 0 Å². The summed E-state index contributed by atoms with van der Waals surface area (Å²) in [6.45, 7) is 2.15. The van der Waals surface area contributed by atoms with Crippen LogP contribution in [0, 0.1) is 0 Å². The maximum absolute atomic E-state index is 10.5. The molecule has 0 bridgehead atoms. The summed E-state index contributed by atoms with van der Waals surface area (Å²) in [6.07, 6.45) is 1.41. The largest absolute Gasteiger partial charge is 0.508 e. The molecule has 5 heteroatoms. The molecule has 0 saturated heterocycles. The quantitative estimate of drug-likeness (QED) is 0.490. The summed E-state index contributed by atoms with van der Waals surface area (Å²) in [5.41, 5.74) is 5.24. The van der Waals surface area contributed by atoms with Gasteiger partial charge >= 0.3 is 0 Å². The second kappa shape index (κ2) is 9.02. The van der Waals surface area contributed by atoms with Gasteiger partial charge in [0.1, 0.15) is 17.7 Å². The average Bonchev–Trinajstić information content (AvgIpc) is 2.80. The van der Waals surface area contributed by atoms with Crippen molar-refractivity contribution in [1.29, 1.82) is 0 Å². The standard InChI is InChI=1S/C25H25BrN2O2/c1-3-16-8-10-17(11-9-16)21-15-22(20-14-18(26)12-13-23(20)29)28-25(27-21)19-6-4-5-7-24(19)30-2/h4-14,22,25,28-29H,3,15H2,1-2H3/t22-,25+/m1/s1. The second-order valence-corrected chi connectivity index (χ2v) is 8.31. The lowest BCUT2D eigenvalue weighted by atomic mass is 9.93. The van der Waals surface area contributed by atoms with Crippen LogP contribution in [-0.2, 0) is 6.42 Å². The summed E-state index contributed by atoms with van der Waals surface area (Å²) in [7, 11) is 1.67. The van der Waals surface area contributed by atoms with Gasteiger partial charge in [0.25, 0.3) is 0 Å². The van der Waals surface area contributed by atoms with Gasteiger partial charge in [-0.3, -0.25) is 10.3 Å². The third-order valence-corrected chi connectivity index (χ3v) is 6.03. The van der Waals surface area contributed by atoms with E-state index in [0.29, 0.717) is 6.42 Å². The van der Waals surface area contributed by atoms with Crippen LogP contribution in [0.25, 0.3) is 0 Å². The molecule has 3 aromatic rings. The summed E-state index contributed by atoms with van der Waals surface area (Å²) in [5.74, 6) is 1.07. The highest BCUT2D eigenvalue weighted by Crippen LogP contribution is 2.37. The molecular weight excluding hydrogens is 440 g/mol. The number of aliphatic imine (C=N–C) groups is 1. The first-order valence-electron chi connectivity index (χ1n) is 10.1. The topological polar surface area (TPSA) is 53.8 Å². The normalized spacial score (nSPS) is 18.7. The van der Waals surface area contributed by atoms with E-state index in [4.69, 9.17) is 9.73 Å².